The first kappa shape index (κ1) is 27.8. The van der Waals surface area contributed by atoms with E-state index in [9.17, 15) is 4.79 Å². The number of para-hydroxylation sites is 1. The van der Waals surface area contributed by atoms with Crippen molar-refractivity contribution in [3.8, 4) is 17.2 Å². The number of ketones is 1. The fourth-order valence-electron chi connectivity index (χ4n) is 4.18. The molecule has 0 saturated carbocycles. The van der Waals surface area contributed by atoms with Gasteiger partial charge in [0.25, 0.3) is 0 Å². The molecule has 34 heavy (non-hydrogen) atoms. The Labute approximate surface area is 207 Å². The molecule has 0 fully saturated rings. The van der Waals surface area contributed by atoms with Crippen molar-refractivity contribution in [2.24, 2.45) is 0 Å². The topological polar surface area (TPSA) is 44.8 Å². The van der Waals surface area contributed by atoms with Crippen molar-refractivity contribution in [2.75, 3.05) is 0 Å². The van der Waals surface area contributed by atoms with E-state index in [4.69, 9.17) is 14.2 Å². The predicted octanol–water partition coefficient (Wildman–Crippen LogP) is 8.20. The van der Waals surface area contributed by atoms with Crippen LogP contribution in [0.2, 0.25) is 0 Å². The molecule has 3 atom stereocenters. The number of rotatable bonds is 16. The van der Waals surface area contributed by atoms with Gasteiger partial charge < -0.3 is 14.2 Å². The molecule has 2 rings (SSSR count). The SMILES string of the molecule is CCCC(C)Oc1ccc(OC(C)CCC)c(CCC(=O)c2ccccc2OC(C)CCC)c1. The van der Waals surface area contributed by atoms with E-state index in [0.717, 1.165) is 55.6 Å². The van der Waals surface area contributed by atoms with E-state index >= 15 is 0 Å². The Bertz CT molecular complexity index is 876. The van der Waals surface area contributed by atoms with Crippen molar-refractivity contribution in [2.45, 2.75) is 111 Å². The molecule has 0 radical (unpaired) electrons. The van der Waals surface area contributed by atoms with Crippen molar-refractivity contribution in [3.63, 3.8) is 0 Å². The first-order valence-corrected chi connectivity index (χ1v) is 13.1. The highest BCUT2D eigenvalue weighted by Gasteiger charge is 2.17. The summed E-state index contributed by atoms with van der Waals surface area (Å²) in [6, 6.07) is 13.6. The van der Waals surface area contributed by atoms with Crippen LogP contribution in [0.15, 0.2) is 42.5 Å². The Morgan fingerprint density at radius 3 is 1.91 bits per heavy atom. The van der Waals surface area contributed by atoms with Crippen LogP contribution in [0.1, 0.15) is 102 Å². The summed E-state index contributed by atoms with van der Waals surface area (Å²) in [5, 5.41) is 0. The minimum atomic E-state index is 0.0810. The monoisotopic (exact) mass is 468 g/mol. The molecule has 0 saturated heterocycles. The first-order valence-electron chi connectivity index (χ1n) is 13.1. The van der Waals surface area contributed by atoms with Crippen molar-refractivity contribution in [3.05, 3.63) is 53.6 Å². The van der Waals surface area contributed by atoms with Crippen LogP contribution in [0.5, 0.6) is 17.2 Å². The minimum absolute atomic E-state index is 0.0810. The predicted molar refractivity (Wildman–Crippen MR) is 141 cm³/mol. The second-order valence-electron chi connectivity index (χ2n) is 9.34. The molecule has 0 aliphatic carbocycles. The number of aryl methyl sites for hydroxylation is 1. The van der Waals surface area contributed by atoms with E-state index in [1.807, 2.05) is 42.5 Å². The molecule has 0 aliphatic heterocycles. The molecule has 188 valence electrons. The van der Waals surface area contributed by atoms with Crippen molar-refractivity contribution >= 4 is 5.78 Å². The van der Waals surface area contributed by atoms with Gasteiger partial charge in [0.15, 0.2) is 5.78 Å². The van der Waals surface area contributed by atoms with Gasteiger partial charge in [0, 0.05) is 6.42 Å². The lowest BCUT2D eigenvalue weighted by molar-refractivity contribution is 0.0975. The quantitative estimate of drug-likeness (QED) is 0.233. The number of carbonyl (C=O) groups is 1. The Kier molecular flexibility index (Phi) is 12.0. The van der Waals surface area contributed by atoms with Gasteiger partial charge in [-0.1, -0.05) is 52.2 Å². The second-order valence-corrected chi connectivity index (χ2v) is 9.34. The second kappa shape index (κ2) is 14.7. The Morgan fingerprint density at radius 1 is 0.735 bits per heavy atom. The number of hydrogen-bond acceptors (Lipinski definition) is 4. The Morgan fingerprint density at radius 2 is 1.29 bits per heavy atom. The van der Waals surface area contributed by atoms with Gasteiger partial charge in [-0.05, 0) is 82.3 Å². The van der Waals surface area contributed by atoms with Crippen LogP contribution in [-0.2, 0) is 6.42 Å². The summed E-state index contributed by atoms with van der Waals surface area (Å²) in [7, 11) is 0. The highest BCUT2D eigenvalue weighted by Crippen LogP contribution is 2.29. The maximum atomic E-state index is 13.2. The van der Waals surface area contributed by atoms with Crippen molar-refractivity contribution in [1.82, 2.24) is 0 Å². The van der Waals surface area contributed by atoms with E-state index < -0.39 is 0 Å². The zero-order valence-electron chi connectivity index (χ0n) is 22.1. The smallest absolute Gasteiger partial charge is 0.166 e. The summed E-state index contributed by atoms with van der Waals surface area (Å²) in [6.07, 6.45) is 7.48. The molecule has 0 aromatic heterocycles. The number of hydrogen-bond donors (Lipinski definition) is 0. The average Bonchev–Trinajstić information content (AvgIpc) is 2.79. The molecule has 0 bridgehead atoms. The fraction of sp³-hybridized carbons (Fsp3) is 0.567. The van der Waals surface area contributed by atoms with Crippen LogP contribution in [0.3, 0.4) is 0 Å². The van der Waals surface area contributed by atoms with Crippen LogP contribution in [-0.4, -0.2) is 24.1 Å². The van der Waals surface area contributed by atoms with Gasteiger partial charge in [-0.15, -0.1) is 0 Å². The zero-order valence-corrected chi connectivity index (χ0v) is 22.1. The van der Waals surface area contributed by atoms with E-state index in [2.05, 4.69) is 41.5 Å². The van der Waals surface area contributed by atoms with E-state index in [-0.39, 0.29) is 24.1 Å². The number of ether oxygens (including phenoxy) is 3. The van der Waals surface area contributed by atoms with Gasteiger partial charge in [-0.2, -0.15) is 0 Å². The van der Waals surface area contributed by atoms with Crippen molar-refractivity contribution in [1.29, 1.82) is 0 Å². The van der Waals surface area contributed by atoms with E-state index in [1.165, 1.54) is 0 Å². The largest absolute Gasteiger partial charge is 0.491 e. The molecule has 0 amide bonds. The van der Waals surface area contributed by atoms with Gasteiger partial charge >= 0.3 is 0 Å². The van der Waals surface area contributed by atoms with Gasteiger partial charge in [-0.25, -0.2) is 0 Å². The highest BCUT2D eigenvalue weighted by atomic mass is 16.5. The lowest BCUT2D eigenvalue weighted by atomic mass is 10.0. The molecule has 4 nitrogen and oxygen atoms in total. The molecule has 0 heterocycles. The summed E-state index contributed by atoms with van der Waals surface area (Å²) in [5.74, 6) is 2.42. The minimum Gasteiger partial charge on any atom is -0.491 e. The summed E-state index contributed by atoms with van der Waals surface area (Å²) >= 11 is 0. The number of carbonyl (C=O) groups excluding carboxylic acids is 1. The maximum Gasteiger partial charge on any atom is 0.166 e. The third-order valence-electron chi connectivity index (χ3n) is 5.92. The molecule has 0 aliphatic rings. The van der Waals surface area contributed by atoms with Crippen LogP contribution >= 0.6 is 0 Å². The standard InChI is InChI=1S/C30H44O4/c1-7-12-22(4)32-26-18-20-29(33-23(5)13-8-2)25(21-26)17-19-28(31)27-15-10-11-16-30(27)34-24(6)14-9-3/h10-11,15-16,18,20-24H,7-9,12-14,17,19H2,1-6H3. The average molecular weight is 469 g/mol. The summed E-state index contributed by atoms with van der Waals surface area (Å²) in [4.78, 5) is 13.2. The normalized spacial score (nSPS) is 13.7. The van der Waals surface area contributed by atoms with Gasteiger partial charge in [0.2, 0.25) is 0 Å². The zero-order chi connectivity index (χ0) is 24.9. The van der Waals surface area contributed by atoms with Crippen molar-refractivity contribution < 1.29 is 19.0 Å². The third kappa shape index (κ3) is 9.04. The lowest BCUT2D eigenvalue weighted by Crippen LogP contribution is -2.15. The molecule has 2 aromatic carbocycles. The van der Waals surface area contributed by atoms with Crippen LogP contribution in [0.4, 0.5) is 0 Å². The van der Waals surface area contributed by atoms with Gasteiger partial charge in [0.05, 0.1) is 23.9 Å². The number of Topliss-reactive ketones (excluding diaryl/α,β-unsaturated/α-hetero) is 1. The molecule has 2 aromatic rings. The fourth-order valence-corrected chi connectivity index (χ4v) is 4.18. The molecule has 3 unspecified atom stereocenters. The van der Waals surface area contributed by atoms with Gasteiger partial charge in [0.1, 0.15) is 17.2 Å². The van der Waals surface area contributed by atoms with Gasteiger partial charge in [-0.3, -0.25) is 4.79 Å². The lowest BCUT2D eigenvalue weighted by Gasteiger charge is -2.20. The van der Waals surface area contributed by atoms with Crippen LogP contribution in [0, 0.1) is 0 Å². The molecular weight excluding hydrogens is 424 g/mol. The molecule has 4 heteroatoms. The maximum absolute atomic E-state index is 13.2. The molecule has 0 spiro atoms. The summed E-state index contributed by atoms with van der Waals surface area (Å²) in [5.41, 5.74) is 1.66. The Hall–Kier alpha value is -2.49. The van der Waals surface area contributed by atoms with Crippen LogP contribution < -0.4 is 14.2 Å². The molecule has 0 N–H and O–H groups in total. The van der Waals surface area contributed by atoms with E-state index in [0.29, 0.717) is 24.2 Å². The summed E-state index contributed by atoms with van der Waals surface area (Å²) in [6.45, 7) is 12.7. The molecular formula is C30H44O4. The summed E-state index contributed by atoms with van der Waals surface area (Å²) < 4.78 is 18.4. The Balaban J connectivity index is 2.19. The highest BCUT2D eigenvalue weighted by molar-refractivity contribution is 5.98. The van der Waals surface area contributed by atoms with E-state index in [1.54, 1.807) is 0 Å². The third-order valence-corrected chi connectivity index (χ3v) is 5.92. The number of benzene rings is 2. The first-order chi connectivity index (χ1) is 16.4. The van der Waals surface area contributed by atoms with Crippen LogP contribution in [0.25, 0.3) is 0 Å².